The molecule has 0 unspecified atom stereocenters. The molecule has 2 N–H and O–H groups in total. The number of aromatic nitrogens is 1. The van der Waals surface area contributed by atoms with Crippen molar-refractivity contribution in [3.63, 3.8) is 0 Å². The summed E-state index contributed by atoms with van der Waals surface area (Å²) >= 11 is 0. The average molecular weight is 459 g/mol. The predicted molar refractivity (Wildman–Crippen MR) is 130 cm³/mol. The van der Waals surface area contributed by atoms with E-state index in [0.717, 1.165) is 16.8 Å². The van der Waals surface area contributed by atoms with E-state index in [1.54, 1.807) is 6.20 Å². The maximum Gasteiger partial charge on any atom is 0.408 e. The molecule has 0 radical (unpaired) electrons. The summed E-state index contributed by atoms with van der Waals surface area (Å²) in [4.78, 5) is 32.9. The van der Waals surface area contributed by atoms with Crippen molar-refractivity contribution in [1.29, 1.82) is 0 Å². The first-order valence-corrected chi connectivity index (χ1v) is 11.5. The highest BCUT2D eigenvalue weighted by molar-refractivity contribution is 5.83. The number of nitrogens with zero attached hydrogens (tertiary/aromatic N) is 3. The number of carboxylic acid groups (broad SMARTS) is 1. The molecule has 3 aromatic rings. The zero-order valence-corrected chi connectivity index (χ0v) is 19.2. The average Bonchev–Trinajstić information content (AvgIpc) is 3.02. The molecule has 4 rings (SSSR count). The fourth-order valence-electron chi connectivity index (χ4n) is 4.48. The van der Waals surface area contributed by atoms with Gasteiger partial charge < -0.3 is 10.0 Å². The number of carbonyl (C=O) groups excluding carboxylic acids is 1. The Hall–Kier alpha value is -3.71. The van der Waals surface area contributed by atoms with E-state index in [9.17, 15) is 14.7 Å². The van der Waals surface area contributed by atoms with Crippen LogP contribution in [0.2, 0.25) is 0 Å². The van der Waals surface area contributed by atoms with E-state index in [2.05, 4.69) is 34.6 Å². The Morgan fingerprint density at radius 3 is 2.24 bits per heavy atom. The van der Waals surface area contributed by atoms with Crippen LogP contribution in [0, 0.1) is 0 Å². The first-order valence-electron chi connectivity index (χ1n) is 11.5. The van der Waals surface area contributed by atoms with Crippen LogP contribution < -0.4 is 5.32 Å². The highest BCUT2D eigenvalue weighted by Crippen LogP contribution is 2.27. The van der Waals surface area contributed by atoms with E-state index in [0.29, 0.717) is 25.9 Å². The van der Waals surface area contributed by atoms with Gasteiger partial charge in [0.15, 0.2) is 0 Å². The summed E-state index contributed by atoms with van der Waals surface area (Å²) in [6, 6.07) is 25.4. The lowest BCUT2D eigenvalue weighted by Crippen LogP contribution is -2.53. The zero-order chi connectivity index (χ0) is 23.9. The number of benzene rings is 2. The SMILES string of the molecule is CN(C(=O)O)[C@@H]1CCN(CC(c2ccccc2)c2ccccc2)C(=O)[C@H](Cc2ccccn2)N1. The highest BCUT2D eigenvalue weighted by Gasteiger charge is 2.35. The van der Waals surface area contributed by atoms with Crippen LogP contribution in [-0.2, 0) is 11.2 Å². The van der Waals surface area contributed by atoms with Crippen molar-refractivity contribution in [1.82, 2.24) is 20.1 Å². The molecular weight excluding hydrogens is 428 g/mol. The third kappa shape index (κ3) is 5.61. The molecule has 2 heterocycles. The molecule has 2 atom stereocenters. The second-order valence-electron chi connectivity index (χ2n) is 8.60. The second-order valence-corrected chi connectivity index (χ2v) is 8.60. The molecule has 0 spiro atoms. The largest absolute Gasteiger partial charge is 0.465 e. The van der Waals surface area contributed by atoms with Gasteiger partial charge in [-0.25, -0.2) is 4.79 Å². The van der Waals surface area contributed by atoms with Crippen molar-refractivity contribution in [2.75, 3.05) is 20.1 Å². The van der Waals surface area contributed by atoms with Gasteiger partial charge in [-0.1, -0.05) is 66.7 Å². The third-order valence-electron chi connectivity index (χ3n) is 6.39. The molecule has 0 saturated carbocycles. The Bertz CT molecular complexity index is 1040. The minimum absolute atomic E-state index is 0.00982. The minimum atomic E-state index is -1.03. The van der Waals surface area contributed by atoms with Gasteiger partial charge in [-0.15, -0.1) is 0 Å². The van der Waals surface area contributed by atoms with Crippen LogP contribution >= 0.6 is 0 Å². The van der Waals surface area contributed by atoms with E-state index in [-0.39, 0.29) is 11.8 Å². The summed E-state index contributed by atoms with van der Waals surface area (Å²) in [5.74, 6) is -0.0283. The molecule has 2 aromatic carbocycles. The van der Waals surface area contributed by atoms with Crippen molar-refractivity contribution in [3.8, 4) is 0 Å². The molecule has 0 bridgehead atoms. The van der Waals surface area contributed by atoms with Crippen LogP contribution in [0.25, 0.3) is 0 Å². The lowest BCUT2D eigenvalue weighted by Gasteiger charge is -2.29. The quantitative estimate of drug-likeness (QED) is 0.565. The molecule has 2 amide bonds. The summed E-state index contributed by atoms with van der Waals surface area (Å²) in [5, 5.41) is 12.8. The minimum Gasteiger partial charge on any atom is -0.465 e. The second kappa shape index (κ2) is 10.9. The van der Waals surface area contributed by atoms with Crippen molar-refractivity contribution >= 4 is 12.0 Å². The van der Waals surface area contributed by atoms with Gasteiger partial charge in [0.25, 0.3) is 0 Å². The van der Waals surface area contributed by atoms with Crippen molar-refractivity contribution in [2.24, 2.45) is 0 Å². The van der Waals surface area contributed by atoms with Gasteiger partial charge in [0.2, 0.25) is 5.91 Å². The fourth-order valence-corrected chi connectivity index (χ4v) is 4.48. The normalized spacial score (nSPS) is 18.5. The number of amides is 2. The van der Waals surface area contributed by atoms with Crippen LogP contribution in [0.4, 0.5) is 4.79 Å². The number of carbonyl (C=O) groups is 2. The Labute approximate surface area is 200 Å². The Balaban J connectivity index is 1.63. The molecule has 1 saturated heterocycles. The van der Waals surface area contributed by atoms with E-state index < -0.39 is 18.3 Å². The summed E-state index contributed by atoms with van der Waals surface area (Å²) < 4.78 is 0. The van der Waals surface area contributed by atoms with Gasteiger partial charge in [-0.05, 0) is 29.7 Å². The molecule has 1 fully saturated rings. The third-order valence-corrected chi connectivity index (χ3v) is 6.39. The smallest absolute Gasteiger partial charge is 0.408 e. The number of nitrogens with one attached hydrogen (secondary N) is 1. The monoisotopic (exact) mass is 458 g/mol. The predicted octanol–water partition coefficient (Wildman–Crippen LogP) is 3.58. The highest BCUT2D eigenvalue weighted by atomic mass is 16.4. The Morgan fingerprint density at radius 2 is 1.68 bits per heavy atom. The Kier molecular flexibility index (Phi) is 7.54. The first-order chi connectivity index (χ1) is 16.5. The number of hydrogen-bond donors (Lipinski definition) is 2. The fraction of sp³-hybridized carbons (Fsp3) is 0.296. The van der Waals surface area contributed by atoms with Gasteiger partial charge >= 0.3 is 6.09 Å². The summed E-state index contributed by atoms with van der Waals surface area (Å²) in [6.07, 6.45) is 1.11. The summed E-state index contributed by atoms with van der Waals surface area (Å²) in [5.41, 5.74) is 3.06. The molecule has 176 valence electrons. The lowest BCUT2D eigenvalue weighted by molar-refractivity contribution is -0.132. The molecule has 7 nitrogen and oxygen atoms in total. The van der Waals surface area contributed by atoms with Gasteiger partial charge in [0.1, 0.15) is 0 Å². The van der Waals surface area contributed by atoms with Crippen molar-refractivity contribution < 1.29 is 14.7 Å². The number of rotatable bonds is 7. The van der Waals surface area contributed by atoms with Gasteiger partial charge in [-0.2, -0.15) is 0 Å². The molecule has 1 aliphatic rings. The maximum absolute atomic E-state index is 13.8. The van der Waals surface area contributed by atoms with Crippen molar-refractivity contribution in [3.05, 3.63) is 102 Å². The zero-order valence-electron chi connectivity index (χ0n) is 19.2. The number of hydrogen-bond acceptors (Lipinski definition) is 4. The summed E-state index contributed by atoms with van der Waals surface area (Å²) in [7, 11) is 1.54. The maximum atomic E-state index is 13.8. The van der Waals surface area contributed by atoms with E-state index in [4.69, 9.17) is 0 Å². The van der Waals surface area contributed by atoms with Crippen LogP contribution in [0.3, 0.4) is 0 Å². The summed E-state index contributed by atoms with van der Waals surface area (Å²) in [6.45, 7) is 0.972. The standard InChI is InChI=1S/C27H30N4O3/c1-30(27(33)34)25-15-17-31(26(32)24(29-25)18-22-14-8-9-16-28-22)19-23(20-10-4-2-5-11-20)21-12-6-3-7-13-21/h2-14,16,23-25,29H,15,17-19H2,1H3,(H,33,34)/t24-,25+/m0/s1. The topological polar surface area (TPSA) is 85.8 Å². The van der Waals surface area contributed by atoms with E-state index >= 15 is 0 Å². The molecule has 1 aromatic heterocycles. The number of pyridine rings is 1. The molecule has 1 aliphatic heterocycles. The molecule has 0 aliphatic carbocycles. The Morgan fingerprint density at radius 1 is 1.06 bits per heavy atom. The van der Waals surface area contributed by atoms with Crippen molar-refractivity contribution in [2.45, 2.75) is 31.0 Å². The van der Waals surface area contributed by atoms with Crippen LogP contribution in [-0.4, -0.2) is 64.2 Å². The van der Waals surface area contributed by atoms with Gasteiger partial charge in [-0.3, -0.25) is 20.0 Å². The van der Waals surface area contributed by atoms with Crippen LogP contribution in [0.1, 0.15) is 29.2 Å². The first kappa shape index (κ1) is 23.4. The molecular formula is C27H30N4O3. The van der Waals surface area contributed by atoms with Crippen LogP contribution in [0.15, 0.2) is 85.1 Å². The molecule has 34 heavy (non-hydrogen) atoms. The lowest BCUT2D eigenvalue weighted by atomic mass is 9.90. The van der Waals surface area contributed by atoms with E-state index in [1.807, 2.05) is 59.5 Å². The van der Waals surface area contributed by atoms with Gasteiger partial charge in [0, 0.05) is 44.4 Å². The van der Waals surface area contributed by atoms with E-state index in [1.165, 1.54) is 11.9 Å². The molecule has 7 heteroatoms. The van der Waals surface area contributed by atoms with Crippen LogP contribution in [0.5, 0.6) is 0 Å². The van der Waals surface area contributed by atoms with Gasteiger partial charge in [0.05, 0.1) is 12.2 Å².